The van der Waals surface area contributed by atoms with Crippen LogP contribution in [-0.2, 0) is 0 Å². The average Bonchev–Trinajstić information content (AvgIpc) is 2.15. The Morgan fingerprint density at radius 1 is 1.23 bits per heavy atom. The molecule has 0 heterocycles. The smallest absolute Gasteiger partial charge is 0.265 e. The van der Waals surface area contributed by atoms with E-state index in [4.69, 9.17) is 5.11 Å². The van der Waals surface area contributed by atoms with Crippen molar-refractivity contribution in [3.63, 3.8) is 0 Å². The summed E-state index contributed by atoms with van der Waals surface area (Å²) in [6.07, 6.45) is 1.55. The fourth-order valence-electron chi connectivity index (χ4n) is 1.68. The molecule has 0 bridgehead atoms. The Bertz CT molecular complexity index is 138. The molecule has 0 spiro atoms. The summed E-state index contributed by atoms with van der Waals surface area (Å²) >= 11 is 0. The quantitative estimate of drug-likeness (QED) is 0.709. The Balaban J connectivity index is 2.10. The summed E-state index contributed by atoms with van der Waals surface area (Å²) < 4.78 is 23.8. The molecule has 13 heavy (non-hydrogen) atoms. The van der Waals surface area contributed by atoms with E-state index in [2.05, 4.69) is 5.32 Å². The van der Waals surface area contributed by atoms with Crippen LogP contribution in [0.15, 0.2) is 0 Å². The van der Waals surface area contributed by atoms with Gasteiger partial charge in [-0.1, -0.05) is 19.3 Å². The van der Waals surface area contributed by atoms with Crippen molar-refractivity contribution in [1.29, 1.82) is 0 Å². The lowest BCUT2D eigenvalue weighted by atomic mass is 9.95. The molecular formula is C9H17F2NO. The topological polar surface area (TPSA) is 32.3 Å². The first-order valence-corrected chi connectivity index (χ1v) is 4.89. The van der Waals surface area contributed by atoms with Gasteiger partial charge >= 0.3 is 0 Å². The van der Waals surface area contributed by atoms with Gasteiger partial charge in [-0.05, 0) is 12.8 Å². The molecule has 0 aliphatic heterocycles. The number of hydrogen-bond acceptors (Lipinski definition) is 2. The third-order valence-corrected chi connectivity index (χ3v) is 2.51. The van der Waals surface area contributed by atoms with Crippen molar-refractivity contribution in [3.05, 3.63) is 0 Å². The van der Waals surface area contributed by atoms with Gasteiger partial charge in [-0.25, -0.2) is 8.78 Å². The first-order chi connectivity index (χ1) is 6.20. The number of nitrogens with one attached hydrogen (secondary N) is 1. The first-order valence-electron chi connectivity index (χ1n) is 4.89. The van der Waals surface area contributed by atoms with E-state index >= 15 is 0 Å². The van der Waals surface area contributed by atoms with Crippen LogP contribution in [0, 0.1) is 0 Å². The van der Waals surface area contributed by atoms with Crippen LogP contribution in [0.3, 0.4) is 0 Å². The monoisotopic (exact) mass is 193 g/mol. The summed E-state index contributed by atoms with van der Waals surface area (Å²) in [5.41, 5.74) is 0. The Labute approximate surface area is 77.3 Å². The molecule has 1 atom stereocenters. The SMILES string of the molecule is OC(CNC1CCCCC1)C(F)F. The molecule has 1 fully saturated rings. The van der Waals surface area contributed by atoms with Crippen LogP contribution in [0.1, 0.15) is 32.1 Å². The molecule has 2 nitrogen and oxygen atoms in total. The molecule has 2 N–H and O–H groups in total. The minimum absolute atomic E-state index is 0.0162. The first kappa shape index (κ1) is 10.9. The van der Waals surface area contributed by atoms with Crippen molar-refractivity contribution in [2.45, 2.75) is 50.7 Å². The highest BCUT2D eigenvalue weighted by atomic mass is 19.3. The molecule has 1 aliphatic rings. The van der Waals surface area contributed by atoms with Crippen LogP contribution in [0.4, 0.5) is 8.78 Å². The van der Waals surface area contributed by atoms with Gasteiger partial charge in [0.05, 0.1) is 0 Å². The van der Waals surface area contributed by atoms with Gasteiger partial charge in [0.15, 0.2) is 0 Å². The lowest BCUT2D eigenvalue weighted by molar-refractivity contribution is -0.00515. The number of aliphatic hydroxyl groups is 1. The number of halogens is 2. The molecule has 0 amide bonds. The third-order valence-electron chi connectivity index (χ3n) is 2.51. The van der Waals surface area contributed by atoms with Crippen LogP contribution < -0.4 is 5.32 Å². The molecule has 4 heteroatoms. The molecule has 0 aromatic rings. The Kier molecular flexibility index (Phi) is 4.59. The summed E-state index contributed by atoms with van der Waals surface area (Å²) in [5.74, 6) is 0. The predicted molar refractivity (Wildman–Crippen MR) is 46.9 cm³/mol. The summed E-state index contributed by atoms with van der Waals surface area (Å²) in [6, 6.07) is 0.335. The molecule has 0 aromatic carbocycles. The van der Waals surface area contributed by atoms with E-state index in [0.717, 1.165) is 12.8 Å². The molecule has 1 aliphatic carbocycles. The van der Waals surface area contributed by atoms with Crippen molar-refractivity contribution in [3.8, 4) is 0 Å². The summed E-state index contributed by atoms with van der Waals surface area (Å²) in [5, 5.41) is 11.8. The number of rotatable bonds is 4. The zero-order valence-electron chi connectivity index (χ0n) is 7.68. The predicted octanol–water partition coefficient (Wildman–Crippen LogP) is 1.53. The second-order valence-electron chi connectivity index (χ2n) is 3.64. The Morgan fingerprint density at radius 3 is 2.38 bits per heavy atom. The van der Waals surface area contributed by atoms with Gasteiger partial charge < -0.3 is 10.4 Å². The lowest BCUT2D eigenvalue weighted by Crippen LogP contribution is -2.39. The summed E-state index contributed by atoms with van der Waals surface area (Å²) in [4.78, 5) is 0. The van der Waals surface area contributed by atoms with E-state index in [0.29, 0.717) is 6.04 Å². The molecule has 0 aromatic heterocycles. The van der Waals surface area contributed by atoms with E-state index in [1.807, 2.05) is 0 Å². The number of aliphatic hydroxyl groups excluding tert-OH is 1. The van der Waals surface area contributed by atoms with E-state index in [1.54, 1.807) is 0 Å². The van der Waals surface area contributed by atoms with E-state index in [-0.39, 0.29) is 6.54 Å². The highest BCUT2D eigenvalue weighted by molar-refractivity contribution is 4.73. The number of hydrogen-bond donors (Lipinski definition) is 2. The van der Waals surface area contributed by atoms with Crippen molar-refractivity contribution in [2.75, 3.05) is 6.54 Å². The van der Waals surface area contributed by atoms with E-state index in [1.165, 1.54) is 19.3 Å². The van der Waals surface area contributed by atoms with Crippen LogP contribution >= 0.6 is 0 Å². The minimum Gasteiger partial charge on any atom is -0.386 e. The average molecular weight is 193 g/mol. The van der Waals surface area contributed by atoms with Crippen LogP contribution in [0.25, 0.3) is 0 Å². The maximum Gasteiger partial charge on any atom is 0.265 e. The Hall–Kier alpha value is -0.220. The maximum atomic E-state index is 11.9. The maximum absolute atomic E-state index is 11.9. The molecular weight excluding hydrogens is 176 g/mol. The summed E-state index contributed by atoms with van der Waals surface area (Å²) in [6.45, 7) is 0.0162. The van der Waals surface area contributed by atoms with E-state index in [9.17, 15) is 8.78 Å². The van der Waals surface area contributed by atoms with Crippen LogP contribution in [0.5, 0.6) is 0 Å². The standard InChI is InChI=1S/C9H17F2NO/c10-9(11)8(13)6-12-7-4-2-1-3-5-7/h7-9,12-13H,1-6H2. The second kappa shape index (κ2) is 5.50. The second-order valence-corrected chi connectivity index (χ2v) is 3.64. The molecule has 1 saturated carbocycles. The van der Waals surface area contributed by atoms with Gasteiger partial charge in [0, 0.05) is 12.6 Å². The van der Waals surface area contributed by atoms with Gasteiger partial charge in [-0.3, -0.25) is 0 Å². The fraction of sp³-hybridized carbons (Fsp3) is 1.00. The highest BCUT2D eigenvalue weighted by Gasteiger charge is 2.19. The molecule has 0 radical (unpaired) electrons. The van der Waals surface area contributed by atoms with Gasteiger partial charge in [-0.2, -0.15) is 0 Å². The molecule has 1 unspecified atom stereocenters. The molecule has 1 rings (SSSR count). The summed E-state index contributed by atoms with van der Waals surface area (Å²) in [7, 11) is 0. The van der Waals surface area contributed by atoms with Crippen molar-refractivity contribution in [2.24, 2.45) is 0 Å². The molecule has 78 valence electrons. The third kappa shape index (κ3) is 4.00. The van der Waals surface area contributed by atoms with Gasteiger partial charge in [0.2, 0.25) is 0 Å². The van der Waals surface area contributed by atoms with E-state index < -0.39 is 12.5 Å². The largest absolute Gasteiger partial charge is 0.386 e. The fourth-order valence-corrected chi connectivity index (χ4v) is 1.68. The lowest BCUT2D eigenvalue weighted by Gasteiger charge is -2.24. The number of alkyl halides is 2. The van der Waals surface area contributed by atoms with Gasteiger partial charge in [0.1, 0.15) is 6.10 Å². The van der Waals surface area contributed by atoms with Crippen molar-refractivity contribution in [1.82, 2.24) is 5.32 Å². The minimum atomic E-state index is -2.63. The molecule has 0 saturated heterocycles. The zero-order chi connectivity index (χ0) is 9.68. The van der Waals surface area contributed by atoms with Crippen molar-refractivity contribution < 1.29 is 13.9 Å². The zero-order valence-corrected chi connectivity index (χ0v) is 7.68. The van der Waals surface area contributed by atoms with Gasteiger partial charge in [-0.15, -0.1) is 0 Å². The van der Waals surface area contributed by atoms with Crippen molar-refractivity contribution >= 4 is 0 Å². The Morgan fingerprint density at radius 2 is 1.85 bits per heavy atom. The van der Waals surface area contributed by atoms with Gasteiger partial charge in [0.25, 0.3) is 6.43 Å². The normalized spacial score (nSPS) is 22.2. The highest BCUT2D eigenvalue weighted by Crippen LogP contribution is 2.17. The van der Waals surface area contributed by atoms with Crippen LogP contribution in [0.2, 0.25) is 0 Å². The van der Waals surface area contributed by atoms with Crippen LogP contribution in [-0.4, -0.2) is 30.2 Å².